The molecule has 0 saturated carbocycles. The first kappa shape index (κ1) is 21.5. The summed E-state index contributed by atoms with van der Waals surface area (Å²) in [5, 5.41) is 14.1. The van der Waals surface area contributed by atoms with Crippen LogP contribution in [-0.2, 0) is 0 Å². The van der Waals surface area contributed by atoms with Crippen LogP contribution in [0.3, 0.4) is 0 Å². The third kappa shape index (κ3) is 4.47. The van der Waals surface area contributed by atoms with E-state index >= 15 is 0 Å². The first-order valence-electron chi connectivity index (χ1n) is 9.90. The average Bonchev–Trinajstić information content (AvgIpc) is 3.16. The maximum absolute atomic E-state index is 13.1. The number of hydrogen-bond donors (Lipinski definition) is 1. The van der Waals surface area contributed by atoms with Crippen LogP contribution in [0.1, 0.15) is 23.2 Å². The number of halogens is 1. The molecule has 2 aliphatic heterocycles. The number of amides is 3. The van der Waals surface area contributed by atoms with Gasteiger partial charge in [0.1, 0.15) is 0 Å². The molecule has 0 aliphatic carbocycles. The molecule has 0 unspecified atom stereocenters. The number of urea groups is 1. The Kier molecular flexibility index (Phi) is 6.06. The lowest BCUT2D eigenvalue weighted by Crippen LogP contribution is -2.54. The van der Waals surface area contributed by atoms with E-state index in [4.69, 9.17) is 11.6 Å². The lowest BCUT2D eigenvalue weighted by molar-refractivity contribution is -0.384. The van der Waals surface area contributed by atoms with E-state index < -0.39 is 4.92 Å². The van der Waals surface area contributed by atoms with Crippen molar-refractivity contribution < 1.29 is 14.5 Å². The van der Waals surface area contributed by atoms with Gasteiger partial charge in [-0.25, -0.2) is 4.79 Å². The van der Waals surface area contributed by atoms with Gasteiger partial charge in [-0.2, -0.15) is 0 Å². The summed E-state index contributed by atoms with van der Waals surface area (Å²) in [7, 11) is 0. The fraction of sp³-hybridized carbons (Fsp3) is 0.333. The van der Waals surface area contributed by atoms with Crippen LogP contribution in [0, 0.1) is 10.1 Å². The number of anilines is 1. The van der Waals surface area contributed by atoms with Gasteiger partial charge in [0.15, 0.2) is 0 Å². The van der Waals surface area contributed by atoms with E-state index in [9.17, 15) is 19.7 Å². The van der Waals surface area contributed by atoms with Crippen LogP contribution in [-0.4, -0.2) is 56.9 Å². The predicted molar refractivity (Wildman–Crippen MR) is 121 cm³/mol. The largest absolute Gasteiger partial charge is 0.324 e. The molecule has 31 heavy (non-hydrogen) atoms. The van der Waals surface area contributed by atoms with E-state index in [-0.39, 0.29) is 22.5 Å². The van der Waals surface area contributed by atoms with Crippen LogP contribution >= 0.6 is 23.4 Å². The van der Waals surface area contributed by atoms with Crippen molar-refractivity contribution in [3.63, 3.8) is 0 Å². The Hall–Kier alpha value is -2.78. The molecule has 4 rings (SSSR count). The van der Waals surface area contributed by atoms with Gasteiger partial charge >= 0.3 is 6.03 Å². The smallest absolute Gasteiger partial charge is 0.321 e. The van der Waals surface area contributed by atoms with Gasteiger partial charge in [-0.3, -0.25) is 14.9 Å². The first-order valence-corrected chi connectivity index (χ1v) is 11.3. The van der Waals surface area contributed by atoms with Crippen LogP contribution in [0.4, 0.5) is 16.2 Å². The summed E-state index contributed by atoms with van der Waals surface area (Å²) in [6.45, 7) is 1.71. The van der Waals surface area contributed by atoms with Crippen molar-refractivity contribution >= 4 is 46.7 Å². The van der Waals surface area contributed by atoms with E-state index in [2.05, 4.69) is 5.32 Å². The van der Waals surface area contributed by atoms with Gasteiger partial charge in [-0.15, -0.1) is 11.8 Å². The second-order valence-electron chi connectivity index (χ2n) is 7.48. The van der Waals surface area contributed by atoms with Gasteiger partial charge in [0.25, 0.3) is 11.6 Å². The molecule has 2 fully saturated rings. The fourth-order valence-electron chi connectivity index (χ4n) is 4.02. The number of carbonyl (C=O) groups excluding carboxylic acids is 2. The SMILES string of the molecule is O=C(Nc1ccc([N+](=O)[O-])cc1)N1CCC2(CC1)SCCN2C(=O)c1cccc(Cl)c1. The van der Waals surface area contributed by atoms with E-state index in [1.165, 1.54) is 24.3 Å². The lowest BCUT2D eigenvalue weighted by Gasteiger charge is -2.44. The number of benzene rings is 2. The number of nitro benzene ring substituents is 1. The molecule has 1 spiro atoms. The molecular formula is C21H21ClN4O4S. The Morgan fingerprint density at radius 1 is 1.10 bits per heavy atom. The highest BCUT2D eigenvalue weighted by atomic mass is 35.5. The lowest BCUT2D eigenvalue weighted by atomic mass is 10.0. The van der Waals surface area contributed by atoms with Gasteiger partial charge in [0, 0.05) is 53.8 Å². The normalized spacial score (nSPS) is 17.6. The maximum atomic E-state index is 13.1. The number of carbonyl (C=O) groups is 2. The minimum absolute atomic E-state index is 0.0272. The van der Waals surface area contributed by atoms with Crippen molar-refractivity contribution in [3.05, 3.63) is 69.2 Å². The van der Waals surface area contributed by atoms with Crippen LogP contribution in [0.5, 0.6) is 0 Å². The molecule has 2 aromatic rings. The fourth-order valence-corrected chi connectivity index (χ4v) is 5.66. The number of nitro groups is 1. The summed E-state index contributed by atoms with van der Waals surface area (Å²) < 4.78 is 0. The minimum Gasteiger partial charge on any atom is -0.324 e. The Morgan fingerprint density at radius 3 is 2.45 bits per heavy atom. The standard InChI is InChI=1S/C21H21ClN4O4S/c22-16-3-1-2-15(14-16)19(27)25-12-13-31-21(25)8-10-24(11-9-21)20(28)23-17-4-6-18(7-5-17)26(29)30/h1-7,14H,8-13H2,(H,23,28). The summed E-state index contributed by atoms with van der Waals surface area (Å²) in [6, 6.07) is 12.5. The third-order valence-electron chi connectivity index (χ3n) is 5.66. The highest BCUT2D eigenvalue weighted by Crippen LogP contribution is 2.44. The van der Waals surface area contributed by atoms with Gasteiger partial charge < -0.3 is 15.1 Å². The molecule has 0 aromatic heterocycles. The number of nitrogens with one attached hydrogen (secondary N) is 1. The average molecular weight is 461 g/mol. The molecule has 0 radical (unpaired) electrons. The van der Waals surface area contributed by atoms with E-state index in [0.29, 0.717) is 48.7 Å². The second-order valence-corrected chi connectivity index (χ2v) is 9.38. The molecule has 10 heteroatoms. The van der Waals surface area contributed by atoms with Crippen molar-refractivity contribution in [3.8, 4) is 0 Å². The van der Waals surface area contributed by atoms with Crippen LogP contribution < -0.4 is 5.32 Å². The van der Waals surface area contributed by atoms with Crippen molar-refractivity contribution in [1.29, 1.82) is 0 Å². The second kappa shape index (κ2) is 8.76. The highest BCUT2D eigenvalue weighted by Gasteiger charge is 2.47. The van der Waals surface area contributed by atoms with E-state index in [1.807, 2.05) is 4.90 Å². The van der Waals surface area contributed by atoms with E-state index in [0.717, 1.165) is 5.75 Å². The topological polar surface area (TPSA) is 95.8 Å². The molecular weight excluding hydrogens is 440 g/mol. The highest BCUT2D eigenvalue weighted by molar-refractivity contribution is 8.00. The molecule has 162 valence electrons. The van der Waals surface area contributed by atoms with Crippen molar-refractivity contribution in [2.24, 2.45) is 0 Å². The van der Waals surface area contributed by atoms with Crippen LogP contribution in [0.2, 0.25) is 5.02 Å². The van der Waals surface area contributed by atoms with Crippen LogP contribution in [0.15, 0.2) is 48.5 Å². The predicted octanol–water partition coefficient (Wildman–Crippen LogP) is 4.46. The zero-order valence-electron chi connectivity index (χ0n) is 16.6. The molecule has 2 saturated heterocycles. The number of rotatable bonds is 3. The monoisotopic (exact) mass is 460 g/mol. The van der Waals surface area contributed by atoms with Gasteiger partial charge in [-0.05, 0) is 43.2 Å². The summed E-state index contributed by atoms with van der Waals surface area (Å²) >= 11 is 7.83. The summed E-state index contributed by atoms with van der Waals surface area (Å²) in [5.41, 5.74) is 1.05. The summed E-state index contributed by atoms with van der Waals surface area (Å²) in [6.07, 6.45) is 1.36. The number of thioether (sulfide) groups is 1. The molecule has 3 amide bonds. The number of non-ortho nitro benzene ring substituents is 1. The molecule has 2 aliphatic rings. The minimum atomic E-state index is -0.481. The summed E-state index contributed by atoms with van der Waals surface area (Å²) in [5.74, 6) is 0.831. The van der Waals surface area contributed by atoms with Crippen molar-refractivity contribution in [2.75, 3.05) is 30.7 Å². The Morgan fingerprint density at radius 2 is 1.81 bits per heavy atom. The number of hydrogen-bond acceptors (Lipinski definition) is 5. The molecule has 2 aromatic carbocycles. The number of likely N-dealkylation sites (tertiary alicyclic amines) is 1. The molecule has 2 heterocycles. The van der Waals surface area contributed by atoms with Crippen molar-refractivity contribution in [1.82, 2.24) is 9.80 Å². The van der Waals surface area contributed by atoms with Gasteiger partial charge in [0.2, 0.25) is 0 Å². The third-order valence-corrected chi connectivity index (χ3v) is 7.44. The Labute approximate surface area is 188 Å². The molecule has 0 bridgehead atoms. The molecule has 8 nitrogen and oxygen atoms in total. The van der Waals surface area contributed by atoms with Gasteiger partial charge in [-0.1, -0.05) is 17.7 Å². The molecule has 1 N–H and O–H groups in total. The maximum Gasteiger partial charge on any atom is 0.321 e. The first-order chi connectivity index (χ1) is 14.9. The number of nitrogens with zero attached hydrogens (tertiary/aromatic N) is 3. The summed E-state index contributed by atoms with van der Waals surface area (Å²) in [4.78, 5) is 39.4. The zero-order chi connectivity index (χ0) is 22.0. The van der Waals surface area contributed by atoms with Crippen LogP contribution in [0.25, 0.3) is 0 Å². The quantitative estimate of drug-likeness (QED) is 0.538. The number of piperidine rings is 1. The van der Waals surface area contributed by atoms with Gasteiger partial charge in [0.05, 0.1) is 9.79 Å². The van der Waals surface area contributed by atoms with Crippen molar-refractivity contribution in [2.45, 2.75) is 17.7 Å². The van der Waals surface area contributed by atoms with E-state index in [1.54, 1.807) is 40.9 Å². The zero-order valence-corrected chi connectivity index (χ0v) is 18.2. The Balaban J connectivity index is 1.39. The molecule has 0 atom stereocenters. The Bertz CT molecular complexity index is 1010.